The van der Waals surface area contributed by atoms with Crippen molar-refractivity contribution in [3.8, 4) is 0 Å². The highest BCUT2D eigenvalue weighted by atomic mass is 14.9. The molecule has 0 bridgehead atoms. The zero-order chi connectivity index (χ0) is 17.7. The molecular formula is C24H22N2. The number of aryl methyl sites for hydroxylation is 3. The molecular weight excluding hydrogens is 316 g/mol. The molecule has 0 radical (unpaired) electrons. The molecule has 0 fully saturated rings. The van der Waals surface area contributed by atoms with Crippen molar-refractivity contribution in [3.05, 3.63) is 82.9 Å². The highest BCUT2D eigenvalue weighted by Crippen LogP contribution is 2.37. The average Bonchev–Trinajstić information content (AvgIpc) is 2.66. The third-order valence-electron chi connectivity index (χ3n) is 5.75. The van der Waals surface area contributed by atoms with Crippen LogP contribution in [-0.2, 0) is 12.8 Å². The van der Waals surface area contributed by atoms with E-state index in [1.165, 1.54) is 38.4 Å². The van der Waals surface area contributed by atoms with Crippen LogP contribution < -0.4 is 0 Å². The van der Waals surface area contributed by atoms with Gasteiger partial charge < -0.3 is 0 Å². The van der Waals surface area contributed by atoms with Crippen LogP contribution >= 0.6 is 0 Å². The molecule has 1 atom stereocenters. The van der Waals surface area contributed by atoms with Gasteiger partial charge in [0.25, 0.3) is 0 Å². The second-order valence-corrected chi connectivity index (χ2v) is 7.51. The minimum Gasteiger partial charge on any atom is -0.239 e. The first-order valence-electron chi connectivity index (χ1n) is 9.43. The SMILES string of the molecule is Cc1cc(C2CCc3c(ccc4c3ccc3ccccc34)C2)nc(C)n1. The van der Waals surface area contributed by atoms with Gasteiger partial charge in [-0.3, -0.25) is 0 Å². The van der Waals surface area contributed by atoms with E-state index >= 15 is 0 Å². The summed E-state index contributed by atoms with van der Waals surface area (Å²) in [5.74, 6) is 1.39. The van der Waals surface area contributed by atoms with E-state index < -0.39 is 0 Å². The molecule has 128 valence electrons. The first-order valence-corrected chi connectivity index (χ1v) is 9.43. The zero-order valence-corrected chi connectivity index (χ0v) is 15.3. The van der Waals surface area contributed by atoms with Crippen LogP contribution in [0.3, 0.4) is 0 Å². The van der Waals surface area contributed by atoms with Crippen LogP contribution in [0.15, 0.2) is 54.6 Å². The summed E-state index contributed by atoms with van der Waals surface area (Å²) in [6, 6.07) is 20.1. The molecule has 26 heavy (non-hydrogen) atoms. The second-order valence-electron chi connectivity index (χ2n) is 7.51. The maximum atomic E-state index is 4.72. The van der Waals surface area contributed by atoms with Crippen molar-refractivity contribution in [2.24, 2.45) is 0 Å². The van der Waals surface area contributed by atoms with E-state index in [-0.39, 0.29) is 0 Å². The number of aromatic nitrogens is 2. The summed E-state index contributed by atoms with van der Waals surface area (Å²) in [6.45, 7) is 4.06. The zero-order valence-electron chi connectivity index (χ0n) is 15.3. The van der Waals surface area contributed by atoms with Gasteiger partial charge in [-0.05, 0) is 71.8 Å². The molecule has 1 unspecified atom stereocenters. The van der Waals surface area contributed by atoms with Crippen molar-refractivity contribution in [1.82, 2.24) is 9.97 Å². The minimum atomic E-state index is 0.501. The van der Waals surface area contributed by atoms with Crippen molar-refractivity contribution in [3.63, 3.8) is 0 Å². The van der Waals surface area contributed by atoms with Gasteiger partial charge in [-0.1, -0.05) is 48.5 Å². The molecule has 0 saturated carbocycles. The van der Waals surface area contributed by atoms with E-state index in [1.54, 1.807) is 0 Å². The lowest BCUT2D eigenvalue weighted by Gasteiger charge is -2.26. The Morgan fingerprint density at radius 2 is 1.69 bits per heavy atom. The van der Waals surface area contributed by atoms with E-state index in [9.17, 15) is 0 Å². The first-order chi connectivity index (χ1) is 12.7. The summed E-state index contributed by atoms with van der Waals surface area (Å²) >= 11 is 0. The van der Waals surface area contributed by atoms with Gasteiger partial charge in [0, 0.05) is 17.3 Å². The smallest absolute Gasteiger partial charge is 0.125 e. The first kappa shape index (κ1) is 15.5. The van der Waals surface area contributed by atoms with Crippen LogP contribution in [0, 0.1) is 13.8 Å². The lowest BCUT2D eigenvalue weighted by Crippen LogP contribution is -2.15. The van der Waals surface area contributed by atoms with Gasteiger partial charge >= 0.3 is 0 Å². The van der Waals surface area contributed by atoms with Crippen molar-refractivity contribution < 1.29 is 0 Å². The Balaban J connectivity index is 1.60. The number of benzene rings is 3. The average molecular weight is 338 g/mol. The van der Waals surface area contributed by atoms with Gasteiger partial charge in [0.2, 0.25) is 0 Å². The Bertz CT molecular complexity index is 1120. The predicted octanol–water partition coefficient (Wildman–Crippen LogP) is 5.67. The number of fused-ring (bicyclic) bond motifs is 5. The Morgan fingerprint density at radius 3 is 2.58 bits per heavy atom. The Morgan fingerprint density at radius 1 is 0.846 bits per heavy atom. The Labute approximate surface area is 153 Å². The van der Waals surface area contributed by atoms with Crippen molar-refractivity contribution >= 4 is 21.5 Å². The largest absolute Gasteiger partial charge is 0.239 e. The standard InChI is InChI=1S/C24H22N2/c1-15-13-24(26-16(2)25-15)19-9-10-21-18(14-19)8-12-22-20-6-4-3-5-17(20)7-11-23(21)22/h3-8,11-13,19H,9-10,14H2,1-2H3. The molecule has 0 amide bonds. The quantitative estimate of drug-likeness (QED) is 0.418. The summed E-state index contributed by atoms with van der Waals surface area (Å²) in [5, 5.41) is 5.49. The summed E-state index contributed by atoms with van der Waals surface area (Å²) < 4.78 is 0. The fourth-order valence-electron chi connectivity index (χ4n) is 4.58. The second kappa shape index (κ2) is 5.91. The summed E-state index contributed by atoms with van der Waals surface area (Å²) in [5.41, 5.74) is 5.30. The monoisotopic (exact) mass is 338 g/mol. The van der Waals surface area contributed by atoms with E-state index in [0.29, 0.717) is 5.92 Å². The molecule has 2 nitrogen and oxygen atoms in total. The molecule has 0 N–H and O–H groups in total. The van der Waals surface area contributed by atoms with Crippen LogP contribution in [0.5, 0.6) is 0 Å². The third-order valence-corrected chi connectivity index (χ3v) is 5.75. The lowest BCUT2D eigenvalue weighted by atomic mass is 9.79. The van der Waals surface area contributed by atoms with Gasteiger partial charge in [-0.2, -0.15) is 0 Å². The molecule has 1 aliphatic rings. The molecule has 1 aliphatic carbocycles. The molecule has 3 aromatic carbocycles. The highest BCUT2D eigenvalue weighted by Gasteiger charge is 2.23. The van der Waals surface area contributed by atoms with Crippen LogP contribution in [0.4, 0.5) is 0 Å². The molecule has 0 aliphatic heterocycles. The van der Waals surface area contributed by atoms with Crippen LogP contribution in [0.1, 0.15) is 40.7 Å². The van der Waals surface area contributed by atoms with Crippen molar-refractivity contribution in [1.29, 1.82) is 0 Å². The van der Waals surface area contributed by atoms with Gasteiger partial charge in [-0.25, -0.2) is 9.97 Å². The molecule has 1 aromatic heterocycles. The van der Waals surface area contributed by atoms with Gasteiger partial charge in [-0.15, -0.1) is 0 Å². The van der Waals surface area contributed by atoms with Crippen molar-refractivity contribution in [2.45, 2.75) is 39.0 Å². The van der Waals surface area contributed by atoms with E-state index in [0.717, 1.165) is 30.8 Å². The van der Waals surface area contributed by atoms with E-state index in [1.807, 2.05) is 6.92 Å². The number of hydrogen-bond donors (Lipinski definition) is 0. The molecule has 5 rings (SSSR count). The lowest BCUT2D eigenvalue weighted by molar-refractivity contribution is 0.569. The Kier molecular flexibility index (Phi) is 3.53. The normalized spacial score (nSPS) is 16.8. The number of rotatable bonds is 1. The predicted molar refractivity (Wildman–Crippen MR) is 108 cm³/mol. The van der Waals surface area contributed by atoms with Crippen LogP contribution in [0.2, 0.25) is 0 Å². The van der Waals surface area contributed by atoms with Gasteiger partial charge in [0.1, 0.15) is 5.82 Å². The summed E-state index contributed by atoms with van der Waals surface area (Å²) in [7, 11) is 0. The van der Waals surface area contributed by atoms with Gasteiger partial charge in [0.05, 0.1) is 0 Å². The molecule has 1 heterocycles. The summed E-state index contributed by atoms with van der Waals surface area (Å²) in [6.07, 6.45) is 3.36. The maximum absolute atomic E-state index is 4.72. The highest BCUT2D eigenvalue weighted by molar-refractivity contribution is 6.08. The topological polar surface area (TPSA) is 25.8 Å². The Hall–Kier alpha value is -2.74. The van der Waals surface area contributed by atoms with Crippen molar-refractivity contribution in [2.75, 3.05) is 0 Å². The molecule has 0 spiro atoms. The molecule has 2 heteroatoms. The van der Waals surface area contributed by atoms with E-state index in [4.69, 9.17) is 4.98 Å². The van der Waals surface area contributed by atoms with Crippen LogP contribution in [-0.4, -0.2) is 9.97 Å². The fraction of sp³-hybridized carbons (Fsp3) is 0.250. The van der Waals surface area contributed by atoms with Crippen LogP contribution in [0.25, 0.3) is 21.5 Å². The minimum absolute atomic E-state index is 0.501. The molecule has 0 saturated heterocycles. The fourth-order valence-corrected chi connectivity index (χ4v) is 4.58. The summed E-state index contributed by atoms with van der Waals surface area (Å²) in [4.78, 5) is 9.15. The molecule has 4 aromatic rings. The maximum Gasteiger partial charge on any atom is 0.125 e. The number of nitrogens with zero attached hydrogens (tertiary/aromatic N) is 2. The van der Waals surface area contributed by atoms with Gasteiger partial charge in [0.15, 0.2) is 0 Å². The van der Waals surface area contributed by atoms with E-state index in [2.05, 4.69) is 66.5 Å². The number of hydrogen-bond acceptors (Lipinski definition) is 2. The third kappa shape index (κ3) is 2.48.